The van der Waals surface area contributed by atoms with Gasteiger partial charge >= 0.3 is 0 Å². The molecule has 0 spiro atoms. The Morgan fingerprint density at radius 2 is 2.04 bits per heavy atom. The number of amides is 2. The Labute approximate surface area is 143 Å². The quantitative estimate of drug-likeness (QED) is 0.693. The number of carbonyl (C=O) groups is 2. The maximum Gasteiger partial charge on any atom is 0.242 e. The lowest BCUT2D eigenvalue weighted by Crippen LogP contribution is -2.46. The minimum absolute atomic E-state index is 0.0113. The molecule has 6 nitrogen and oxygen atoms in total. The second-order valence-corrected chi connectivity index (χ2v) is 6.65. The van der Waals surface area contributed by atoms with Gasteiger partial charge in [-0.25, -0.2) is 0 Å². The molecule has 0 radical (unpaired) electrons. The van der Waals surface area contributed by atoms with E-state index in [-0.39, 0.29) is 30.3 Å². The van der Waals surface area contributed by atoms with Crippen LogP contribution >= 0.6 is 0 Å². The van der Waals surface area contributed by atoms with Gasteiger partial charge in [-0.1, -0.05) is 0 Å². The second kappa shape index (κ2) is 8.33. The van der Waals surface area contributed by atoms with E-state index in [1.807, 2.05) is 32.9 Å². The molecule has 0 saturated heterocycles. The van der Waals surface area contributed by atoms with Crippen molar-refractivity contribution in [3.63, 3.8) is 0 Å². The van der Waals surface area contributed by atoms with Gasteiger partial charge in [0.15, 0.2) is 0 Å². The molecule has 6 heteroatoms. The molecule has 1 aromatic heterocycles. The number of rotatable bonds is 9. The number of hydrogen-bond acceptors (Lipinski definition) is 4. The average molecular weight is 336 g/mol. The molecular weight excluding hydrogens is 308 g/mol. The van der Waals surface area contributed by atoms with Crippen LogP contribution in [0.25, 0.3) is 0 Å². The standard InChI is InChI=1S/C18H28N2O4/c1-13(2)20(18(22)15-6-7-15)12-17(21)19(9-10-23-4)11-16-8-5-14(3)24-16/h5,8,13,15H,6-7,9-12H2,1-4H3. The van der Waals surface area contributed by atoms with E-state index in [0.717, 1.165) is 24.4 Å². The summed E-state index contributed by atoms with van der Waals surface area (Å²) in [6.45, 7) is 7.18. The Kier molecular flexibility index (Phi) is 6.43. The van der Waals surface area contributed by atoms with Crippen molar-refractivity contribution in [3.8, 4) is 0 Å². The zero-order valence-corrected chi connectivity index (χ0v) is 15.1. The van der Waals surface area contributed by atoms with E-state index in [1.54, 1.807) is 16.9 Å². The van der Waals surface area contributed by atoms with Gasteiger partial charge in [0.1, 0.15) is 11.5 Å². The molecule has 0 bridgehead atoms. The van der Waals surface area contributed by atoms with E-state index in [4.69, 9.17) is 9.15 Å². The van der Waals surface area contributed by atoms with Gasteiger partial charge in [-0.05, 0) is 45.7 Å². The summed E-state index contributed by atoms with van der Waals surface area (Å²) < 4.78 is 10.7. The van der Waals surface area contributed by atoms with Crippen molar-refractivity contribution >= 4 is 11.8 Å². The molecule has 0 atom stereocenters. The Morgan fingerprint density at radius 3 is 2.54 bits per heavy atom. The summed E-state index contributed by atoms with van der Waals surface area (Å²) in [4.78, 5) is 28.5. The van der Waals surface area contributed by atoms with Crippen molar-refractivity contribution in [2.75, 3.05) is 26.8 Å². The molecule has 1 heterocycles. The summed E-state index contributed by atoms with van der Waals surface area (Å²) in [6.07, 6.45) is 1.88. The predicted molar refractivity (Wildman–Crippen MR) is 90.3 cm³/mol. The Bertz CT molecular complexity index is 563. The van der Waals surface area contributed by atoms with Gasteiger partial charge in [0.05, 0.1) is 19.7 Å². The zero-order chi connectivity index (χ0) is 17.7. The van der Waals surface area contributed by atoms with Crippen LogP contribution in [0.15, 0.2) is 16.5 Å². The fourth-order valence-electron chi connectivity index (χ4n) is 2.58. The fourth-order valence-corrected chi connectivity index (χ4v) is 2.58. The van der Waals surface area contributed by atoms with Crippen LogP contribution in [0.2, 0.25) is 0 Å². The molecule has 1 aliphatic rings. The lowest BCUT2D eigenvalue weighted by Gasteiger charge is -2.29. The van der Waals surface area contributed by atoms with Crippen molar-refractivity contribution in [2.45, 2.75) is 46.2 Å². The van der Waals surface area contributed by atoms with Crippen LogP contribution < -0.4 is 0 Å². The number of carbonyl (C=O) groups excluding carboxylic acids is 2. The molecule has 2 amide bonds. The lowest BCUT2D eigenvalue weighted by molar-refractivity contribution is -0.143. The van der Waals surface area contributed by atoms with E-state index < -0.39 is 0 Å². The highest BCUT2D eigenvalue weighted by Crippen LogP contribution is 2.31. The number of nitrogens with zero attached hydrogens (tertiary/aromatic N) is 2. The third-order valence-corrected chi connectivity index (χ3v) is 4.20. The van der Waals surface area contributed by atoms with E-state index in [1.165, 1.54) is 0 Å². The summed E-state index contributed by atoms with van der Waals surface area (Å²) in [5, 5.41) is 0. The molecule has 2 rings (SSSR count). The summed E-state index contributed by atoms with van der Waals surface area (Å²) >= 11 is 0. The van der Waals surface area contributed by atoms with Gasteiger partial charge < -0.3 is 19.0 Å². The van der Waals surface area contributed by atoms with Crippen molar-refractivity contribution in [3.05, 3.63) is 23.7 Å². The molecule has 0 unspecified atom stereocenters. The Hall–Kier alpha value is -1.82. The summed E-state index contributed by atoms with van der Waals surface area (Å²) in [5.74, 6) is 1.68. The molecular formula is C18H28N2O4. The molecule has 1 saturated carbocycles. The summed E-state index contributed by atoms with van der Waals surface area (Å²) in [5.41, 5.74) is 0. The molecule has 0 aromatic carbocycles. The average Bonchev–Trinajstić information content (AvgIpc) is 3.31. The monoisotopic (exact) mass is 336 g/mol. The van der Waals surface area contributed by atoms with E-state index in [0.29, 0.717) is 19.7 Å². The molecule has 134 valence electrons. The van der Waals surface area contributed by atoms with E-state index >= 15 is 0 Å². The van der Waals surface area contributed by atoms with Crippen LogP contribution in [0.1, 0.15) is 38.2 Å². The third-order valence-electron chi connectivity index (χ3n) is 4.20. The van der Waals surface area contributed by atoms with Crippen molar-refractivity contribution < 1.29 is 18.7 Å². The summed E-state index contributed by atoms with van der Waals surface area (Å²) in [7, 11) is 1.61. The van der Waals surface area contributed by atoms with Crippen molar-refractivity contribution in [2.24, 2.45) is 5.92 Å². The van der Waals surface area contributed by atoms with Crippen LogP contribution in [0.3, 0.4) is 0 Å². The van der Waals surface area contributed by atoms with Gasteiger partial charge in [-0.3, -0.25) is 9.59 Å². The number of ether oxygens (including phenoxy) is 1. The first kappa shape index (κ1) is 18.5. The molecule has 0 aliphatic heterocycles. The van der Waals surface area contributed by atoms with Gasteiger partial charge in [-0.2, -0.15) is 0 Å². The van der Waals surface area contributed by atoms with Gasteiger partial charge in [0.2, 0.25) is 11.8 Å². The van der Waals surface area contributed by atoms with Gasteiger partial charge in [-0.15, -0.1) is 0 Å². The maximum absolute atomic E-state index is 12.8. The summed E-state index contributed by atoms with van der Waals surface area (Å²) in [6, 6.07) is 3.76. The predicted octanol–water partition coefficient (Wildman–Crippen LogP) is 2.21. The van der Waals surface area contributed by atoms with Gasteiger partial charge in [0.25, 0.3) is 0 Å². The van der Waals surface area contributed by atoms with Crippen molar-refractivity contribution in [1.82, 2.24) is 9.80 Å². The normalized spacial score (nSPS) is 14.0. The highest BCUT2D eigenvalue weighted by molar-refractivity contribution is 5.87. The molecule has 1 aromatic rings. The number of hydrogen-bond donors (Lipinski definition) is 0. The van der Waals surface area contributed by atoms with E-state index in [9.17, 15) is 9.59 Å². The molecule has 1 fully saturated rings. The van der Waals surface area contributed by atoms with Crippen LogP contribution in [0, 0.1) is 12.8 Å². The lowest BCUT2D eigenvalue weighted by atomic mass is 10.2. The minimum Gasteiger partial charge on any atom is -0.464 e. The van der Waals surface area contributed by atoms with Crippen LogP contribution in [-0.4, -0.2) is 54.5 Å². The first-order valence-electron chi connectivity index (χ1n) is 8.55. The number of aryl methyl sites for hydroxylation is 1. The Morgan fingerprint density at radius 1 is 1.33 bits per heavy atom. The highest BCUT2D eigenvalue weighted by Gasteiger charge is 2.35. The van der Waals surface area contributed by atoms with E-state index in [2.05, 4.69) is 0 Å². The SMILES string of the molecule is COCCN(Cc1ccc(C)o1)C(=O)CN(C(=O)C1CC1)C(C)C. The topological polar surface area (TPSA) is 63.0 Å². The first-order chi connectivity index (χ1) is 11.4. The number of furan rings is 1. The Balaban J connectivity index is 2.03. The molecule has 1 aliphatic carbocycles. The smallest absolute Gasteiger partial charge is 0.242 e. The van der Waals surface area contributed by atoms with Gasteiger partial charge in [0, 0.05) is 25.6 Å². The van der Waals surface area contributed by atoms with Crippen LogP contribution in [0.5, 0.6) is 0 Å². The highest BCUT2D eigenvalue weighted by atomic mass is 16.5. The maximum atomic E-state index is 12.8. The van der Waals surface area contributed by atoms with Crippen LogP contribution in [-0.2, 0) is 20.9 Å². The first-order valence-corrected chi connectivity index (χ1v) is 8.55. The number of methoxy groups -OCH3 is 1. The second-order valence-electron chi connectivity index (χ2n) is 6.65. The van der Waals surface area contributed by atoms with Crippen molar-refractivity contribution in [1.29, 1.82) is 0 Å². The minimum atomic E-state index is -0.0798. The molecule has 24 heavy (non-hydrogen) atoms. The zero-order valence-electron chi connectivity index (χ0n) is 15.1. The largest absolute Gasteiger partial charge is 0.464 e. The van der Waals surface area contributed by atoms with Crippen LogP contribution in [0.4, 0.5) is 0 Å². The molecule has 0 N–H and O–H groups in total. The third kappa shape index (κ3) is 5.09. The fraction of sp³-hybridized carbons (Fsp3) is 0.667.